The molecular weight excluding hydrogens is 140 g/mol. The van der Waals surface area contributed by atoms with Crippen molar-refractivity contribution >= 4 is 20.0 Å². The first-order chi connectivity index (χ1) is 4.00. The molecule has 0 atom stereocenters. The Morgan fingerprint density at radius 1 is 1.00 bits per heavy atom. The summed E-state index contributed by atoms with van der Waals surface area (Å²) in [6.45, 7) is 1.53. The molecule has 0 unspecified atom stereocenters. The molecule has 0 aromatic rings. The zero-order valence-electron chi connectivity index (χ0n) is 4.35. The van der Waals surface area contributed by atoms with E-state index in [9.17, 15) is 0 Å². The summed E-state index contributed by atoms with van der Waals surface area (Å²) in [4.78, 5) is 0. The molecule has 0 aliphatic carbocycles. The Kier molecular flexibility index (Phi) is 3.39. The van der Waals surface area contributed by atoms with Crippen LogP contribution in [0.5, 0.6) is 0 Å². The molecule has 0 aromatic heterocycles. The summed E-state index contributed by atoms with van der Waals surface area (Å²) in [7, 11) is 0.355. The molecule has 1 aliphatic heterocycles. The number of rotatable bonds is 0. The van der Waals surface area contributed by atoms with Crippen LogP contribution in [0.25, 0.3) is 0 Å². The molecule has 0 amide bonds. The van der Waals surface area contributed by atoms with E-state index >= 15 is 0 Å². The second kappa shape index (κ2) is 4.22. The van der Waals surface area contributed by atoms with E-state index in [4.69, 9.17) is 13.0 Å². The van der Waals surface area contributed by atoms with Gasteiger partial charge in [-0.1, -0.05) is 0 Å². The predicted molar refractivity (Wildman–Crippen MR) is 29.1 cm³/mol. The SMILES string of the molecule is C1CO[Si]O[Si]OC1. The molecule has 5 heteroatoms. The van der Waals surface area contributed by atoms with Gasteiger partial charge in [0.25, 0.3) is 0 Å². The highest BCUT2D eigenvalue weighted by atomic mass is 28.3. The highest BCUT2D eigenvalue weighted by Gasteiger charge is 2.00. The monoisotopic (exact) mass is 146 g/mol. The lowest BCUT2D eigenvalue weighted by Crippen LogP contribution is -2.17. The Balaban J connectivity index is 2.00. The summed E-state index contributed by atoms with van der Waals surface area (Å²) in [6.07, 6.45) is 0.989. The van der Waals surface area contributed by atoms with Crippen molar-refractivity contribution in [2.45, 2.75) is 6.42 Å². The van der Waals surface area contributed by atoms with Crippen LogP contribution in [-0.4, -0.2) is 33.2 Å². The Morgan fingerprint density at radius 3 is 2.25 bits per heavy atom. The number of hydrogen-bond acceptors (Lipinski definition) is 3. The van der Waals surface area contributed by atoms with Crippen molar-refractivity contribution in [3.8, 4) is 0 Å². The summed E-state index contributed by atoms with van der Waals surface area (Å²) >= 11 is 0. The zero-order valence-corrected chi connectivity index (χ0v) is 6.35. The van der Waals surface area contributed by atoms with Crippen molar-refractivity contribution in [3.05, 3.63) is 0 Å². The lowest BCUT2D eigenvalue weighted by molar-refractivity contribution is 0.194. The average Bonchev–Trinajstić information content (AvgIpc) is 1.62. The lowest BCUT2D eigenvalue weighted by Gasteiger charge is -2.06. The van der Waals surface area contributed by atoms with Crippen molar-refractivity contribution in [1.82, 2.24) is 0 Å². The van der Waals surface area contributed by atoms with Gasteiger partial charge in [0.2, 0.25) is 0 Å². The van der Waals surface area contributed by atoms with Crippen LogP contribution < -0.4 is 0 Å². The molecule has 4 radical (unpaired) electrons. The maximum atomic E-state index is 5.01. The first-order valence-electron chi connectivity index (χ1n) is 2.39. The molecule has 0 aromatic carbocycles. The molecule has 0 bridgehead atoms. The molecule has 1 heterocycles. The van der Waals surface area contributed by atoms with Gasteiger partial charge in [0, 0.05) is 13.2 Å². The first kappa shape index (κ1) is 6.43. The van der Waals surface area contributed by atoms with Gasteiger partial charge in [0.05, 0.1) is 0 Å². The fourth-order valence-corrected chi connectivity index (χ4v) is 1.43. The quantitative estimate of drug-likeness (QED) is 0.432. The van der Waals surface area contributed by atoms with E-state index in [2.05, 4.69) is 0 Å². The van der Waals surface area contributed by atoms with E-state index in [1.807, 2.05) is 0 Å². The van der Waals surface area contributed by atoms with Crippen molar-refractivity contribution in [2.24, 2.45) is 0 Å². The number of hydrogen-bond donors (Lipinski definition) is 0. The van der Waals surface area contributed by atoms with Crippen LogP contribution in [0.4, 0.5) is 0 Å². The second-order valence-electron chi connectivity index (χ2n) is 1.32. The van der Waals surface area contributed by atoms with Crippen LogP contribution in [0, 0.1) is 0 Å². The fraction of sp³-hybridized carbons (Fsp3) is 1.00. The maximum absolute atomic E-state index is 5.01. The van der Waals surface area contributed by atoms with Crippen molar-refractivity contribution in [1.29, 1.82) is 0 Å². The van der Waals surface area contributed by atoms with Crippen LogP contribution in [0.15, 0.2) is 0 Å². The van der Waals surface area contributed by atoms with Gasteiger partial charge < -0.3 is 13.0 Å². The fourth-order valence-electron chi connectivity index (χ4n) is 0.363. The van der Waals surface area contributed by atoms with Crippen molar-refractivity contribution < 1.29 is 13.0 Å². The van der Waals surface area contributed by atoms with E-state index in [1.165, 1.54) is 0 Å². The molecule has 44 valence electrons. The van der Waals surface area contributed by atoms with Crippen LogP contribution in [0.1, 0.15) is 6.42 Å². The van der Waals surface area contributed by atoms with E-state index < -0.39 is 0 Å². The standard InChI is InChI=1S/C3H6O3Si2/c1-2-4-7-6-8-5-3-1/h1-3H2. The normalized spacial score (nSPS) is 24.0. The zero-order chi connectivity index (χ0) is 5.66. The van der Waals surface area contributed by atoms with Gasteiger partial charge in [-0.15, -0.1) is 0 Å². The first-order valence-corrected chi connectivity index (χ1v) is 4.03. The average molecular weight is 146 g/mol. The van der Waals surface area contributed by atoms with Gasteiger partial charge in [0.1, 0.15) is 0 Å². The molecule has 1 rings (SSSR count). The summed E-state index contributed by atoms with van der Waals surface area (Å²) in [6, 6.07) is 0. The van der Waals surface area contributed by atoms with Gasteiger partial charge in [-0.25, -0.2) is 0 Å². The van der Waals surface area contributed by atoms with Gasteiger partial charge >= 0.3 is 20.0 Å². The minimum absolute atomic E-state index is 0.178. The van der Waals surface area contributed by atoms with Crippen LogP contribution in [-0.2, 0) is 13.0 Å². The smallest absolute Gasteiger partial charge is 0.411 e. The molecule has 0 N–H and O–H groups in total. The second-order valence-corrected chi connectivity index (χ2v) is 3.05. The predicted octanol–water partition coefficient (Wildman–Crippen LogP) is -0.492. The van der Waals surface area contributed by atoms with Gasteiger partial charge in [-0.3, -0.25) is 0 Å². The third-order valence-corrected chi connectivity index (χ3v) is 2.00. The van der Waals surface area contributed by atoms with Crippen LogP contribution in [0.3, 0.4) is 0 Å². The highest BCUT2D eigenvalue weighted by molar-refractivity contribution is 6.34. The van der Waals surface area contributed by atoms with E-state index in [0.717, 1.165) is 19.6 Å². The third-order valence-electron chi connectivity index (χ3n) is 0.694. The summed E-state index contributed by atoms with van der Waals surface area (Å²) in [5.74, 6) is 0. The highest BCUT2D eigenvalue weighted by Crippen LogP contribution is 1.87. The van der Waals surface area contributed by atoms with Crippen LogP contribution >= 0.6 is 0 Å². The van der Waals surface area contributed by atoms with Gasteiger partial charge in [0.15, 0.2) is 0 Å². The van der Waals surface area contributed by atoms with E-state index in [1.54, 1.807) is 0 Å². The minimum atomic E-state index is 0.178. The van der Waals surface area contributed by atoms with Gasteiger partial charge in [-0.05, 0) is 6.42 Å². The third kappa shape index (κ3) is 2.58. The molecular formula is C3H6O3Si2. The molecule has 3 nitrogen and oxygen atoms in total. The van der Waals surface area contributed by atoms with Crippen molar-refractivity contribution in [2.75, 3.05) is 13.2 Å². The van der Waals surface area contributed by atoms with Crippen molar-refractivity contribution in [3.63, 3.8) is 0 Å². The molecule has 8 heavy (non-hydrogen) atoms. The minimum Gasteiger partial charge on any atom is -0.411 e. The molecule has 1 fully saturated rings. The summed E-state index contributed by atoms with van der Waals surface area (Å²) in [5.41, 5.74) is 0. The maximum Gasteiger partial charge on any atom is 0.423 e. The van der Waals surface area contributed by atoms with Crippen LogP contribution in [0.2, 0.25) is 0 Å². The largest absolute Gasteiger partial charge is 0.423 e. The Bertz CT molecular complexity index is 36.5. The Hall–Kier alpha value is 0.314. The molecule has 1 aliphatic rings. The summed E-state index contributed by atoms with van der Waals surface area (Å²) < 4.78 is 14.9. The van der Waals surface area contributed by atoms with Gasteiger partial charge in [-0.2, -0.15) is 0 Å². The van der Waals surface area contributed by atoms with E-state index in [-0.39, 0.29) is 20.0 Å². The summed E-state index contributed by atoms with van der Waals surface area (Å²) in [5, 5.41) is 0. The lowest BCUT2D eigenvalue weighted by atomic mass is 10.5. The molecule has 0 saturated carbocycles. The Labute approximate surface area is 53.4 Å². The Morgan fingerprint density at radius 2 is 1.62 bits per heavy atom. The van der Waals surface area contributed by atoms with E-state index in [0.29, 0.717) is 0 Å². The topological polar surface area (TPSA) is 27.7 Å². The molecule has 0 spiro atoms. The molecule has 1 saturated heterocycles.